The Balaban J connectivity index is 1.92. The smallest absolute Gasteiger partial charge is 0.238 e. The summed E-state index contributed by atoms with van der Waals surface area (Å²) in [5.74, 6) is 0.761. The number of primary sulfonamides is 1. The highest BCUT2D eigenvalue weighted by atomic mass is 32.2. The van der Waals surface area contributed by atoms with Gasteiger partial charge in [-0.05, 0) is 61.7 Å². The topological polar surface area (TPSA) is 80.5 Å². The first kappa shape index (κ1) is 21.5. The highest BCUT2D eigenvalue weighted by molar-refractivity contribution is 7.99. The second-order valence-corrected chi connectivity index (χ2v) is 9.37. The molecule has 7 heteroatoms. The summed E-state index contributed by atoms with van der Waals surface area (Å²) in [6.07, 6.45) is 0.438. The summed E-state index contributed by atoms with van der Waals surface area (Å²) < 4.78 is 22.7. The minimum atomic E-state index is -3.71. The molecule has 0 aliphatic carbocycles. The Hall–Kier alpha value is -1.83. The van der Waals surface area contributed by atoms with Gasteiger partial charge < -0.3 is 4.90 Å². The van der Waals surface area contributed by atoms with Gasteiger partial charge in [-0.2, -0.15) is 0 Å². The lowest BCUT2D eigenvalue weighted by Gasteiger charge is -2.25. The molecule has 1 amide bonds. The summed E-state index contributed by atoms with van der Waals surface area (Å²) >= 11 is 1.67. The van der Waals surface area contributed by atoms with Crippen LogP contribution in [0.3, 0.4) is 0 Å². The number of rotatable bonds is 7. The second kappa shape index (κ2) is 8.91. The van der Waals surface area contributed by atoms with Crippen LogP contribution in [0, 0.1) is 13.8 Å². The molecule has 0 saturated carbocycles. The predicted octanol–water partition coefficient (Wildman–Crippen LogP) is 3.65. The molecule has 0 heterocycles. The van der Waals surface area contributed by atoms with Gasteiger partial charge in [0.25, 0.3) is 0 Å². The number of benzene rings is 2. The fourth-order valence-electron chi connectivity index (χ4n) is 2.61. The number of hydrogen-bond acceptors (Lipinski definition) is 4. The Bertz CT molecular complexity index is 909. The largest absolute Gasteiger partial charge is 0.339 e. The Kier molecular flexibility index (Phi) is 7.08. The van der Waals surface area contributed by atoms with Crippen LogP contribution in [-0.4, -0.2) is 32.0 Å². The number of nitrogens with zero attached hydrogens (tertiary/aromatic N) is 1. The standard InChI is InChI=1S/C20H26N2O3S2/c1-14-5-8-18(13-15(14)2)26-12-11-20(23)22(4)16(3)17-6-9-19(10-7-17)27(21,24)25/h5-10,13,16H,11-12H2,1-4H3,(H2,21,24,25). The Morgan fingerprint density at radius 3 is 2.30 bits per heavy atom. The quantitative estimate of drug-likeness (QED) is 0.712. The number of carbonyl (C=O) groups is 1. The van der Waals surface area contributed by atoms with Crippen molar-refractivity contribution in [3.63, 3.8) is 0 Å². The van der Waals surface area contributed by atoms with Crippen LogP contribution < -0.4 is 5.14 Å². The zero-order valence-electron chi connectivity index (χ0n) is 16.1. The van der Waals surface area contributed by atoms with Gasteiger partial charge in [0.15, 0.2) is 0 Å². The van der Waals surface area contributed by atoms with Crippen LogP contribution in [0.25, 0.3) is 0 Å². The minimum absolute atomic E-state index is 0.0503. The third kappa shape index (κ3) is 5.82. The van der Waals surface area contributed by atoms with Gasteiger partial charge in [-0.15, -0.1) is 11.8 Å². The number of carbonyl (C=O) groups excluding carboxylic acids is 1. The summed E-state index contributed by atoms with van der Waals surface area (Å²) in [5, 5.41) is 5.12. The summed E-state index contributed by atoms with van der Waals surface area (Å²) in [5.41, 5.74) is 3.37. The predicted molar refractivity (Wildman–Crippen MR) is 110 cm³/mol. The first-order valence-electron chi connectivity index (χ1n) is 8.68. The van der Waals surface area contributed by atoms with E-state index in [1.165, 1.54) is 28.2 Å². The minimum Gasteiger partial charge on any atom is -0.339 e. The van der Waals surface area contributed by atoms with Crippen molar-refractivity contribution in [3.8, 4) is 0 Å². The SMILES string of the molecule is Cc1ccc(SCCC(=O)N(C)C(C)c2ccc(S(N)(=O)=O)cc2)cc1C. The Labute approximate surface area is 166 Å². The lowest BCUT2D eigenvalue weighted by Crippen LogP contribution is -2.29. The molecule has 0 aliphatic rings. The fourth-order valence-corrected chi connectivity index (χ4v) is 4.06. The molecule has 0 aliphatic heterocycles. The third-order valence-electron chi connectivity index (χ3n) is 4.73. The number of thioether (sulfide) groups is 1. The maximum absolute atomic E-state index is 12.5. The first-order valence-corrected chi connectivity index (χ1v) is 11.2. The van der Waals surface area contributed by atoms with Crippen molar-refractivity contribution in [2.24, 2.45) is 5.14 Å². The van der Waals surface area contributed by atoms with E-state index < -0.39 is 10.0 Å². The number of hydrogen-bond donors (Lipinski definition) is 1. The highest BCUT2D eigenvalue weighted by Crippen LogP contribution is 2.24. The van der Waals surface area contributed by atoms with Gasteiger partial charge in [-0.25, -0.2) is 13.6 Å². The zero-order chi connectivity index (χ0) is 20.2. The van der Waals surface area contributed by atoms with Crippen molar-refractivity contribution in [1.29, 1.82) is 0 Å². The molecule has 0 aromatic heterocycles. The maximum atomic E-state index is 12.5. The molecule has 0 fully saturated rings. The monoisotopic (exact) mass is 406 g/mol. The van der Waals surface area contributed by atoms with E-state index in [-0.39, 0.29) is 16.8 Å². The molecule has 5 nitrogen and oxygen atoms in total. The molecule has 2 aromatic carbocycles. The van der Waals surface area contributed by atoms with Crippen LogP contribution in [-0.2, 0) is 14.8 Å². The second-order valence-electron chi connectivity index (χ2n) is 6.64. The van der Waals surface area contributed by atoms with E-state index in [1.807, 2.05) is 6.92 Å². The summed E-state index contributed by atoms with van der Waals surface area (Å²) in [4.78, 5) is 15.4. The molecule has 1 unspecified atom stereocenters. The first-order chi connectivity index (χ1) is 12.6. The van der Waals surface area contributed by atoms with Crippen LogP contribution >= 0.6 is 11.8 Å². The van der Waals surface area contributed by atoms with Crippen LogP contribution in [0.15, 0.2) is 52.3 Å². The molecule has 2 rings (SSSR count). The third-order valence-corrected chi connectivity index (χ3v) is 6.65. The summed E-state index contributed by atoms with van der Waals surface area (Å²) in [6, 6.07) is 12.5. The van der Waals surface area contributed by atoms with Crippen LogP contribution in [0.4, 0.5) is 0 Å². The van der Waals surface area contributed by atoms with Gasteiger partial charge in [-0.3, -0.25) is 4.79 Å². The molecule has 0 spiro atoms. The Morgan fingerprint density at radius 2 is 1.74 bits per heavy atom. The van der Waals surface area contributed by atoms with Crippen molar-refractivity contribution in [3.05, 3.63) is 59.2 Å². The molecule has 27 heavy (non-hydrogen) atoms. The normalized spacial score (nSPS) is 12.6. The number of aryl methyl sites for hydroxylation is 2. The van der Waals surface area contributed by atoms with E-state index in [1.54, 1.807) is 35.8 Å². The molecule has 0 bridgehead atoms. The van der Waals surface area contributed by atoms with Gasteiger partial charge in [0, 0.05) is 24.1 Å². The van der Waals surface area contributed by atoms with E-state index in [9.17, 15) is 13.2 Å². The summed E-state index contributed by atoms with van der Waals surface area (Å²) in [6.45, 7) is 6.08. The van der Waals surface area contributed by atoms with Crippen molar-refractivity contribution >= 4 is 27.7 Å². The van der Waals surface area contributed by atoms with E-state index in [0.717, 1.165) is 5.56 Å². The van der Waals surface area contributed by atoms with E-state index in [0.29, 0.717) is 12.2 Å². The van der Waals surface area contributed by atoms with Crippen LogP contribution in [0.5, 0.6) is 0 Å². The molecule has 1 atom stereocenters. The number of nitrogens with two attached hydrogens (primary N) is 1. The molecule has 0 saturated heterocycles. The number of amides is 1. The van der Waals surface area contributed by atoms with E-state index >= 15 is 0 Å². The highest BCUT2D eigenvalue weighted by Gasteiger charge is 2.18. The lowest BCUT2D eigenvalue weighted by atomic mass is 10.1. The van der Waals surface area contributed by atoms with Crippen molar-refractivity contribution in [1.82, 2.24) is 4.90 Å². The number of sulfonamides is 1. The van der Waals surface area contributed by atoms with Crippen LogP contribution in [0.1, 0.15) is 36.1 Å². The molecular formula is C20H26N2O3S2. The molecule has 0 radical (unpaired) electrons. The Morgan fingerprint density at radius 1 is 1.11 bits per heavy atom. The average Bonchev–Trinajstić information content (AvgIpc) is 2.62. The van der Waals surface area contributed by atoms with Gasteiger partial charge >= 0.3 is 0 Å². The fraction of sp³-hybridized carbons (Fsp3) is 0.350. The van der Waals surface area contributed by atoms with Crippen molar-refractivity contribution < 1.29 is 13.2 Å². The molecule has 2 aromatic rings. The van der Waals surface area contributed by atoms with Gasteiger partial charge in [0.2, 0.25) is 15.9 Å². The van der Waals surface area contributed by atoms with Gasteiger partial charge in [0.1, 0.15) is 0 Å². The molecular weight excluding hydrogens is 380 g/mol. The van der Waals surface area contributed by atoms with Crippen molar-refractivity contribution in [2.45, 2.75) is 43.0 Å². The molecule has 146 valence electrons. The lowest BCUT2D eigenvalue weighted by molar-refractivity contribution is -0.131. The van der Waals surface area contributed by atoms with Crippen LogP contribution in [0.2, 0.25) is 0 Å². The maximum Gasteiger partial charge on any atom is 0.238 e. The average molecular weight is 407 g/mol. The van der Waals surface area contributed by atoms with Crippen molar-refractivity contribution in [2.75, 3.05) is 12.8 Å². The van der Waals surface area contributed by atoms with Gasteiger partial charge in [0.05, 0.1) is 10.9 Å². The molecule has 2 N–H and O–H groups in total. The van der Waals surface area contributed by atoms with E-state index in [4.69, 9.17) is 5.14 Å². The summed E-state index contributed by atoms with van der Waals surface area (Å²) in [7, 11) is -1.94. The van der Waals surface area contributed by atoms with E-state index in [2.05, 4.69) is 32.0 Å². The van der Waals surface area contributed by atoms with Gasteiger partial charge in [-0.1, -0.05) is 18.2 Å². The zero-order valence-corrected chi connectivity index (χ0v) is 17.7.